The van der Waals surface area contributed by atoms with Crippen LogP contribution in [0.25, 0.3) is 11.0 Å². The fourth-order valence-electron chi connectivity index (χ4n) is 2.00. The first kappa shape index (κ1) is 15.5. The second-order valence-electron chi connectivity index (χ2n) is 4.31. The van der Waals surface area contributed by atoms with E-state index in [4.69, 9.17) is 10.00 Å². The zero-order valence-electron chi connectivity index (χ0n) is 12.0. The Morgan fingerprint density at radius 1 is 1.52 bits per heavy atom. The van der Waals surface area contributed by atoms with E-state index in [1.54, 1.807) is 12.3 Å². The number of pyridine rings is 1. The molecule has 0 radical (unpaired) electrons. The van der Waals surface area contributed by atoms with Crippen LogP contribution in [0.4, 0.5) is 0 Å². The Labute approximate surface area is 126 Å². The summed E-state index contributed by atoms with van der Waals surface area (Å²) < 4.78 is 6.83. The highest BCUT2D eigenvalue weighted by molar-refractivity contribution is 7.98. The maximum atomic E-state index is 12.3. The number of aromatic nitrogens is 3. The molecule has 2 aromatic rings. The topological polar surface area (TPSA) is 80.8 Å². The van der Waals surface area contributed by atoms with Crippen LogP contribution < -0.4 is 5.56 Å². The van der Waals surface area contributed by atoms with Crippen LogP contribution >= 0.6 is 11.8 Å². The molecule has 0 saturated heterocycles. The molecule has 0 unspecified atom stereocenters. The quantitative estimate of drug-likeness (QED) is 0.460. The molecule has 0 spiro atoms. The van der Waals surface area contributed by atoms with Crippen molar-refractivity contribution in [3.8, 4) is 6.07 Å². The number of hydrogen-bond acceptors (Lipinski definition) is 6. The molecule has 0 N–H and O–H groups in total. The zero-order chi connectivity index (χ0) is 15.2. The standard InChI is InChI=1S/C14H16N4O2S/c1-3-20-6-4-5-18-12-11(7-10(8-15)13(18)19)9-16-14(17-12)21-2/h7,9H,3-6H2,1-2H3. The molecular formula is C14H16N4O2S. The number of thioether (sulfide) groups is 1. The van der Waals surface area contributed by atoms with Gasteiger partial charge in [-0.3, -0.25) is 9.36 Å². The molecule has 0 atom stereocenters. The first-order valence-corrected chi connectivity index (χ1v) is 7.86. The van der Waals surface area contributed by atoms with Gasteiger partial charge in [-0.05, 0) is 25.7 Å². The first-order chi connectivity index (χ1) is 10.2. The smallest absolute Gasteiger partial charge is 0.270 e. The normalized spacial score (nSPS) is 10.7. The van der Waals surface area contributed by atoms with E-state index in [1.165, 1.54) is 16.3 Å². The lowest BCUT2D eigenvalue weighted by Gasteiger charge is -2.10. The van der Waals surface area contributed by atoms with Crippen molar-refractivity contribution in [3.63, 3.8) is 0 Å². The van der Waals surface area contributed by atoms with Crippen molar-refractivity contribution in [1.82, 2.24) is 14.5 Å². The number of rotatable bonds is 6. The molecule has 0 aliphatic heterocycles. The average molecular weight is 304 g/mol. The molecule has 0 fully saturated rings. The van der Waals surface area contributed by atoms with E-state index in [1.807, 2.05) is 19.2 Å². The lowest BCUT2D eigenvalue weighted by molar-refractivity contribution is 0.141. The lowest BCUT2D eigenvalue weighted by Crippen LogP contribution is -2.24. The summed E-state index contributed by atoms with van der Waals surface area (Å²) in [5, 5.41) is 10.4. The van der Waals surface area contributed by atoms with Crippen LogP contribution in [0.15, 0.2) is 22.2 Å². The third kappa shape index (κ3) is 3.40. The molecule has 0 bridgehead atoms. The summed E-state index contributed by atoms with van der Waals surface area (Å²) in [7, 11) is 0. The molecule has 0 aliphatic carbocycles. The van der Waals surface area contributed by atoms with Crippen molar-refractivity contribution < 1.29 is 4.74 Å². The minimum Gasteiger partial charge on any atom is -0.382 e. The highest BCUT2D eigenvalue weighted by Crippen LogP contribution is 2.15. The number of nitriles is 1. The summed E-state index contributed by atoms with van der Waals surface area (Å²) in [4.78, 5) is 20.9. The van der Waals surface area contributed by atoms with Crippen molar-refractivity contribution >= 4 is 22.8 Å². The van der Waals surface area contributed by atoms with Gasteiger partial charge in [-0.15, -0.1) is 0 Å². The summed E-state index contributed by atoms with van der Waals surface area (Å²) in [6.45, 7) is 3.61. The Hall–Kier alpha value is -1.91. The second kappa shape index (κ2) is 7.20. The van der Waals surface area contributed by atoms with Crippen LogP contribution in [-0.4, -0.2) is 34.0 Å². The summed E-state index contributed by atoms with van der Waals surface area (Å²) in [5.74, 6) is 0. The highest BCUT2D eigenvalue weighted by atomic mass is 32.2. The predicted octanol–water partition coefficient (Wildman–Crippen LogP) is 1.81. The van der Waals surface area contributed by atoms with E-state index in [0.717, 1.165) is 0 Å². The highest BCUT2D eigenvalue weighted by Gasteiger charge is 2.11. The minimum absolute atomic E-state index is 0.111. The monoisotopic (exact) mass is 304 g/mol. The molecule has 0 saturated carbocycles. The zero-order valence-corrected chi connectivity index (χ0v) is 12.8. The van der Waals surface area contributed by atoms with Gasteiger partial charge in [0.2, 0.25) is 0 Å². The maximum absolute atomic E-state index is 12.3. The van der Waals surface area contributed by atoms with Crippen LogP contribution in [0.5, 0.6) is 0 Å². The van der Waals surface area contributed by atoms with Crippen LogP contribution in [0, 0.1) is 11.3 Å². The lowest BCUT2D eigenvalue weighted by atomic mass is 10.2. The molecule has 2 rings (SSSR count). The van der Waals surface area contributed by atoms with E-state index >= 15 is 0 Å². The molecule has 0 aromatic carbocycles. The predicted molar refractivity (Wildman–Crippen MR) is 81.4 cm³/mol. The van der Waals surface area contributed by atoms with Gasteiger partial charge in [-0.25, -0.2) is 9.97 Å². The number of hydrogen-bond donors (Lipinski definition) is 0. The number of aryl methyl sites for hydroxylation is 1. The van der Waals surface area contributed by atoms with E-state index in [0.29, 0.717) is 42.4 Å². The summed E-state index contributed by atoms with van der Waals surface area (Å²) in [5.41, 5.74) is 0.363. The number of nitrogens with zero attached hydrogens (tertiary/aromatic N) is 4. The van der Waals surface area contributed by atoms with Crippen LogP contribution in [0.1, 0.15) is 18.9 Å². The molecule has 6 nitrogen and oxygen atoms in total. The molecule has 21 heavy (non-hydrogen) atoms. The summed E-state index contributed by atoms with van der Waals surface area (Å²) >= 11 is 1.41. The summed E-state index contributed by atoms with van der Waals surface area (Å²) in [6, 6.07) is 3.48. The van der Waals surface area contributed by atoms with Gasteiger partial charge in [0.25, 0.3) is 5.56 Å². The minimum atomic E-state index is -0.313. The van der Waals surface area contributed by atoms with Gasteiger partial charge in [-0.1, -0.05) is 11.8 Å². The van der Waals surface area contributed by atoms with Gasteiger partial charge in [0, 0.05) is 31.3 Å². The van der Waals surface area contributed by atoms with Gasteiger partial charge in [0.05, 0.1) is 0 Å². The van der Waals surface area contributed by atoms with E-state index < -0.39 is 0 Å². The number of ether oxygens (including phenoxy) is 1. The van der Waals surface area contributed by atoms with Crippen molar-refractivity contribution in [1.29, 1.82) is 5.26 Å². The Bertz CT molecular complexity index is 736. The van der Waals surface area contributed by atoms with Gasteiger partial charge in [0.1, 0.15) is 17.3 Å². The number of fused-ring (bicyclic) bond motifs is 1. The van der Waals surface area contributed by atoms with E-state index in [9.17, 15) is 4.79 Å². The van der Waals surface area contributed by atoms with Crippen molar-refractivity contribution in [2.45, 2.75) is 25.0 Å². The summed E-state index contributed by atoms with van der Waals surface area (Å²) in [6.07, 6.45) is 4.21. The second-order valence-corrected chi connectivity index (χ2v) is 5.09. The molecule has 2 heterocycles. The maximum Gasteiger partial charge on any atom is 0.270 e. The van der Waals surface area contributed by atoms with Gasteiger partial charge in [-0.2, -0.15) is 5.26 Å². The first-order valence-electron chi connectivity index (χ1n) is 6.63. The van der Waals surface area contributed by atoms with Crippen molar-refractivity contribution in [3.05, 3.63) is 28.2 Å². The van der Waals surface area contributed by atoms with E-state index in [2.05, 4.69) is 9.97 Å². The molecule has 7 heteroatoms. The molecule has 0 amide bonds. The molecule has 110 valence electrons. The fourth-order valence-corrected chi connectivity index (χ4v) is 2.33. The van der Waals surface area contributed by atoms with Gasteiger partial charge in [0.15, 0.2) is 5.16 Å². The van der Waals surface area contributed by atoms with E-state index in [-0.39, 0.29) is 11.1 Å². The Morgan fingerprint density at radius 3 is 3.00 bits per heavy atom. The van der Waals surface area contributed by atoms with Crippen LogP contribution in [0.3, 0.4) is 0 Å². The Morgan fingerprint density at radius 2 is 2.33 bits per heavy atom. The molecular weight excluding hydrogens is 288 g/mol. The average Bonchev–Trinajstić information content (AvgIpc) is 2.52. The van der Waals surface area contributed by atoms with Gasteiger partial charge < -0.3 is 4.74 Å². The van der Waals surface area contributed by atoms with Crippen LogP contribution in [-0.2, 0) is 11.3 Å². The molecule has 0 aliphatic rings. The fraction of sp³-hybridized carbons (Fsp3) is 0.429. The van der Waals surface area contributed by atoms with Crippen molar-refractivity contribution in [2.75, 3.05) is 19.5 Å². The third-order valence-electron chi connectivity index (χ3n) is 2.98. The largest absolute Gasteiger partial charge is 0.382 e. The third-order valence-corrected chi connectivity index (χ3v) is 3.54. The van der Waals surface area contributed by atoms with Crippen molar-refractivity contribution in [2.24, 2.45) is 0 Å². The Kier molecular flexibility index (Phi) is 5.31. The van der Waals surface area contributed by atoms with Crippen LogP contribution in [0.2, 0.25) is 0 Å². The Balaban J connectivity index is 2.49. The molecule has 2 aromatic heterocycles. The SMILES string of the molecule is CCOCCCn1c(=O)c(C#N)cc2cnc(SC)nc21. The van der Waals surface area contributed by atoms with Gasteiger partial charge >= 0.3 is 0 Å².